The maximum atomic E-state index is 12.1. The molecule has 0 saturated heterocycles. The van der Waals surface area contributed by atoms with E-state index < -0.39 is 16.3 Å². The lowest BCUT2D eigenvalue weighted by Gasteiger charge is -2.18. The molecule has 0 bridgehead atoms. The summed E-state index contributed by atoms with van der Waals surface area (Å²) in [6, 6.07) is 21.7. The molecule has 0 aliphatic carbocycles. The van der Waals surface area contributed by atoms with E-state index in [2.05, 4.69) is 24.7 Å². The minimum atomic E-state index is -3.85. The van der Waals surface area contributed by atoms with Crippen molar-refractivity contribution in [2.45, 2.75) is 31.9 Å². The number of aliphatic hydroxyl groups is 1. The standard InChI is InChI=1S/C29H35N5O6S/c1-20(31-18-25(36)19-40-27-13-9-24(35)10-14-27)17-22-3-7-23(8-4-22)32-29-28(33-41(37,38)34-29)30-16-15-21-5-11-26(39-2)12-6-21/h3-14,20,25,31,35-36H,15-19H2,1-2H3,(H,30,33)(H,32,34)/t20?,25-/m0/s1. The Bertz CT molecular complexity index is 1440. The lowest BCUT2D eigenvalue weighted by molar-refractivity contribution is 0.104. The third-order valence-electron chi connectivity index (χ3n) is 6.23. The van der Waals surface area contributed by atoms with Gasteiger partial charge in [-0.1, -0.05) is 24.3 Å². The zero-order valence-corrected chi connectivity index (χ0v) is 23.8. The van der Waals surface area contributed by atoms with E-state index >= 15 is 0 Å². The van der Waals surface area contributed by atoms with Crippen LogP contribution >= 0.6 is 0 Å². The largest absolute Gasteiger partial charge is 0.508 e. The third-order valence-corrected chi connectivity index (χ3v) is 7.10. The number of aromatic hydroxyl groups is 1. The van der Waals surface area contributed by atoms with Crippen LogP contribution in [0.1, 0.15) is 18.1 Å². The van der Waals surface area contributed by atoms with Crippen LogP contribution in [0, 0.1) is 0 Å². The van der Waals surface area contributed by atoms with Gasteiger partial charge in [0.15, 0.2) is 11.7 Å². The van der Waals surface area contributed by atoms with Gasteiger partial charge in [0.05, 0.1) is 7.11 Å². The Labute approximate surface area is 240 Å². The molecule has 4 rings (SSSR count). The van der Waals surface area contributed by atoms with Gasteiger partial charge in [0.1, 0.15) is 30.0 Å². The number of ether oxygens (including phenoxy) is 2. The number of aliphatic hydroxyl groups excluding tert-OH is 1. The molecule has 11 nitrogen and oxygen atoms in total. The summed E-state index contributed by atoms with van der Waals surface area (Å²) in [6.45, 7) is 2.90. The highest BCUT2D eigenvalue weighted by molar-refractivity contribution is 7.89. The zero-order valence-electron chi connectivity index (χ0n) is 22.9. The van der Waals surface area contributed by atoms with Crippen molar-refractivity contribution in [1.29, 1.82) is 0 Å². The fraction of sp³-hybridized carbons (Fsp3) is 0.310. The van der Waals surface area contributed by atoms with Crippen LogP contribution in [0.4, 0.5) is 5.69 Å². The number of phenols is 1. The van der Waals surface area contributed by atoms with Crippen LogP contribution in [-0.2, 0) is 23.1 Å². The Hall–Kier alpha value is -4.13. The van der Waals surface area contributed by atoms with E-state index in [1.165, 1.54) is 12.1 Å². The average molecular weight is 582 g/mol. The van der Waals surface area contributed by atoms with Crippen LogP contribution in [-0.4, -0.2) is 69.3 Å². The first-order chi connectivity index (χ1) is 19.7. The zero-order chi connectivity index (χ0) is 29.2. The van der Waals surface area contributed by atoms with E-state index in [0.29, 0.717) is 30.9 Å². The minimum absolute atomic E-state index is 0.0927. The molecular weight excluding hydrogens is 546 g/mol. The molecule has 1 aliphatic heterocycles. The summed E-state index contributed by atoms with van der Waals surface area (Å²) in [4.78, 5) is 4.41. The van der Waals surface area contributed by atoms with E-state index in [1.807, 2.05) is 55.5 Å². The van der Waals surface area contributed by atoms with Crippen LogP contribution in [0.3, 0.4) is 0 Å². The van der Waals surface area contributed by atoms with Crippen molar-refractivity contribution in [3.63, 3.8) is 0 Å². The number of nitrogens with zero attached hydrogens (tertiary/aromatic N) is 2. The van der Waals surface area contributed by atoms with Gasteiger partial charge < -0.3 is 30.3 Å². The molecular formula is C29H35N5O6S. The van der Waals surface area contributed by atoms with Gasteiger partial charge in [-0.15, -0.1) is 4.40 Å². The molecule has 1 unspecified atom stereocenters. The van der Waals surface area contributed by atoms with Crippen LogP contribution in [0.5, 0.6) is 17.2 Å². The van der Waals surface area contributed by atoms with Crippen LogP contribution < -0.4 is 24.8 Å². The monoisotopic (exact) mass is 581 g/mol. The summed E-state index contributed by atoms with van der Waals surface area (Å²) in [7, 11) is -2.24. The molecule has 2 atom stereocenters. The minimum Gasteiger partial charge on any atom is -0.508 e. The number of aliphatic imine (C=N–C) groups is 1. The number of nitrogens with one attached hydrogen (secondary N) is 3. The number of rotatable bonds is 13. The number of phenolic OH excluding ortho intramolecular Hbond substituents is 1. The van der Waals surface area contributed by atoms with E-state index in [1.54, 1.807) is 19.2 Å². The second-order valence-corrected chi connectivity index (χ2v) is 11.0. The molecule has 41 heavy (non-hydrogen) atoms. The molecule has 0 saturated carbocycles. The number of anilines is 1. The summed E-state index contributed by atoms with van der Waals surface area (Å²) >= 11 is 0. The summed E-state index contributed by atoms with van der Waals surface area (Å²) < 4.78 is 41.0. The first-order valence-corrected chi connectivity index (χ1v) is 14.6. The SMILES string of the molecule is COc1ccc(CCN=C2NS(=O)(=O)N=C2Nc2ccc(CC(C)NC[C@H](O)COc3ccc(O)cc3)cc2)cc1. The molecule has 3 aromatic carbocycles. The van der Waals surface area contributed by atoms with Gasteiger partial charge in [0.25, 0.3) is 0 Å². The molecule has 5 N–H and O–H groups in total. The Kier molecular flexibility index (Phi) is 10.2. The highest BCUT2D eigenvalue weighted by Crippen LogP contribution is 2.17. The predicted molar refractivity (Wildman–Crippen MR) is 159 cm³/mol. The van der Waals surface area contributed by atoms with Gasteiger partial charge in [0.2, 0.25) is 0 Å². The van der Waals surface area contributed by atoms with E-state index in [0.717, 1.165) is 23.3 Å². The molecule has 3 aromatic rings. The number of methoxy groups -OCH3 is 1. The Morgan fingerprint density at radius 2 is 1.63 bits per heavy atom. The second kappa shape index (κ2) is 14.0. The van der Waals surface area contributed by atoms with Crippen molar-refractivity contribution < 1.29 is 28.1 Å². The van der Waals surface area contributed by atoms with Gasteiger partial charge in [-0.25, -0.2) is 4.72 Å². The first kappa shape index (κ1) is 29.8. The highest BCUT2D eigenvalue weighted by atomic mass is 32.2. The number of amidine groups is 2. The van der Waals surface area contributed by atoms with Crippen molar-refractivity contribution in [1.82, 2.24) is 10.0 Å². The molecule has 0 aromatic heterocycles. The van der Waals surface area contributed by atoms with Gasteiger partial charge in [-0.05, 0) is 79.4 Å². The smallest absolute Gasteiger partial charge is 0.345 e. The van der Waals surface area contributed by atoms with Gasteiger partial charge in [-0.3, -0.25) is 4.99 Å². The van der Waals surface area contributed by atoms with Crippen LogP contribution in [0.2, 0.25) is 0 Å². The lowest BCUT2D eigenvalue weighted by atomic mass is 10.1. The molecule has 0 fully saturated rings. The predicted octanol–water partition coefficient (Wildman–Crippen LogP) is 2.66. The maximum Gasteiger partial charge on any atom is 0.345 e. The Morgan fingerprint density at radius 3 is 2.32 bits per heavy atom. The molecule has 0 amide bonds. The first-order valence-electron chi connectivity index (χ1n) is 13.2. The summed E-state index contributed by atoms with van der Waals surface area (Å²) in [5, 5.41) is 25.9. The van der Waals surface area contributed by atoms with Gasteiger partial charge in [0, 0.05) is 24.8 Å². The van der Waals surface area contributed by atoms with Crippen molar-refractivity contribution >= 4 is 27.6 Å². The topological polar surface area (TPSA) is 154 Å². The van der Waals surface area contributed by atoms with Crippen molar-refractivity contribution in [2.75, 3.05) is 32.1 Å². The van der Waals surface area contributed by atoms with Gasteiger partial charge >= 0.3 is 10.2 Å². The molecule has 1 heterocycles. The number of benzene rings is 3. The fourth-order valence-corrected chi connectivity index (χ4v) is 4.88. The Balaban J connectivity index is 1.24. The van der Waals surface area contributed by atoms with E-state index in [-0.39, 0.29) is 30.1 Å². The molecule has 12 heteroatoms. The van der Waals surface area contributed by atoms with Crippen molar-refractivity contribution in [3.8, 4) is 17.2 Å². The average Bonchev–Trinajstić information content (AvgIpc) is 3.25. The number of hydrogen-bond donors (Lipinski definition) is 5. The third kappa shape index (κ3) is 9.48. The molecule has 0 radical (unpaired) electrons. The fourth-order valence-electron chi connectivity index (χ4n) is 4.05. The number of hydrogen-bond acceptors (Lipinski definition) is 9. The summed E-state index contributed by atoms with van der Waals surface area (Å²) in [5.41, 5.74) is 2.80. The molecule has 1 aliphatic rings. The Morgan fingerprint density at radius 1 is 0.976 bits per heavy atom. The normalized spacial score (nSPS) is 16.5. The summed E-state index contributed by atoms with van der Waals surface area (Å²) in [6.07, 6.45) is 0.661. The second-order valence-electron chi connectivity index (χ2n) is 9.64. The van der Waals surface area contributed by atoms with E-state index in [4.69, 9.17) is 9.47 Å². The molecule has 0 spiro atoms. The summed E-state index contributed by atoms with van der Waals surface area (Å²) in [5.74, 6) is 1.82. The lowest BCUT2D eigenvalue weighted by Crippen LogP contribution is -2.37. The molecule has 218 valence electrons. The van der Waals surface area contributed by atoms with Gasteiger partial charge in [-0.2, -0.15) is 8.42 Å². The van der Waals surface area contributed by atoms with Crippen LogP contribution in [0.25, 0.3) is 0 Å². The van der Waals surface area contributed by atoms with Crippen molar-refractivity contribution in [3.05, 3.63) is 83.9 Å². The van der Waals surface area contributed by atoms with E-state index in [9.17, 15) is 18.6 Å². The maximum absolute atomic E-state index is 12.1. The van der Waals surface area contributed by atoms with Crippen LogP contribution in [0.15, 0.2) is 82.2 Å². The highest BCUT2D eigenvalue weighted by Gasteiger charge is 2.26. The quantitative estimate of drug-likeness (QED) is 0.207. The van der Waals surface area contributed by atoms with Crippen molar-refractivity contribution in [2.24, 2.45) is 9.39 Å².